The van der Waals surface area contributed by atoms with Crippen LogP contribution >= 0.6 is 0 Å². The number of hydrogen-bond donors (Lipinski definition) is 2. The number of amides is 1. The zero-order valence-electron chi connectivity index (χ0n) is 7.55. The monoisotopic (exact) mass is 171 g/mol. The van der Waals surface area contributed by atoms with E-state index in [4.69, 9.17) is 5.73 Å². The Morgan fingerprint density at radius 1 is 1.50 bits per heavy atom. The molecule has 70 valence electrons. The molecule has 3 N–H and O–H groups in total. The minimum absolute atomic E-state index is 0.0682. The van der Waals surface area contributed by atoms with E-state index in [0.717, 1.165) is 32.6 Å². The number of nitrogens with two attached hydrogens (primary N) is 1. The molecule has 1 aliphatic heterocycles. The molecule has 1 amide bonds. The molecule has 4 heteroatoms. The SMILES string of the molecule is CC(N)C(=O)N1CCCNCC1. The van der Waals surface area contributed by atoms with Gasteiger partial charge in [0, 0.05) is 19.6 Å². The molecule has 0 bridgehead atoms. The van der Waals surface area contributed by atoms with E-state index in [1.54, 1.807) is 6.92 Å². The molecule has 1 heterocycles. The van der Waals surface area contributed by atoms with Gasteiger partial charge in [-0.05, 0) is 19.9 Å². The maximum Gasteiger partial charge on any atom is 0.239 e. The van der Waals surface area contributed by atoms with Crippen molar-refractivity contribution >= 4 is 5.91 Å². The summed E-state index contributed by atoms with van der Waals surface area (Å²) in [6, 6.07) is -0.358. The van der Waals surface area contributed by atoms with E-state index >= 15 is 0 Å². The molecule has 0 aliphatic carbocycles. The van der Waals surface area contributed by atoms with Crippen molar-refractivity contribution in [2.45, 2.75) is 19.4 Å². The summed E-state index contributed by atoms with van der Waals surface area (Å²) in [6.07, 6.45) is 1.03. The number of carbonyl (C=O) groups excluding carboxylic acids is 1. The van der Waals surface area contributed by atoms with E-state index in [9.17, 15) is 4.79 Å². The number of nitrogens with one attached hydrogen (secondary N) is 1. The predicted octanol–water partition coefficient (Wildman–Crippen LogP) is -0.844. The molecule has 1 fully saturated rings. The van der Waals surface area contributed by atoms with Crippen molar-refractivity contribution in [1.29, 1.82) is 0 Å². The second kappa shape index (κ2) is 4.42. The van der Waals surface area contributed by atoms with Gasteiger partial charge in [-0.1, -0.05) is 0 Å². The van der Waals surface area contributed by atoms with Gasteiger partial charge in [0.2, 0.25) is 5.91 Å². The Morgan fingerprint density at radius 2 is 2.25 bits per heavy atom. The van der Waals surface area contributed by atoms with Gasteiger partial charge in [0.25, 0.3) is 0 Å². The normalized spacial score (nSPS) is 21.7. The van der Waals surface area contributed by atoms with Crippen LogP contribution in [0.5, 0.6) is 0 Å². The standard InChI is InChI=1S/C8H17N3O/c1-7(9)8(12)11-5-2-3-10-4-6-11/h7,10H,2-6,9H2,1H3. The Bertz CT molecular complexity index is 150. The first-order chi connectivity index (χ1) is 5.72. The van der Waals surface area contributed by atoms with Crippen LogP contribution in [0.25, 0.3) is 0 Å². The highest BCUT2D eigenvalue weighted by Crippen LogP contribution is 1.97. The summed E-state index contributed by atoms with van der Waals surface area (Å²) < 4.78 is 0. The molecule has 0 spiro atoms. The molecule has 4 nitrogen and oxygen atoms in total. The molecule has 1 saturated heterocycles. The number of nitrogens with zero attached hydrogens (tertiary/aromatic N) is 1. The van der Waals surface area contributed by atoms with Gasteiger partial charge >= 0.3 is 0 Å². The molecular formula is C8H17N3O. The molecule has 0 aromatic rings. The zero-order chi connectivity index (χ0) is 8.97. The van der Waals surface area contributed by atoms with Crippen molar-refractivity contribution in [3.63, 3.8) is 0 Å². The van der Waals surface area contributed by atoms with E-state index < -0.39 is 0 Å². The molecule has 0 radical (unpaired) electrons. The lowest BCUT2D eigenvalue weighted by Gasteiger charge is -2.21. The van der Waals surface area contributed by atoms with E-state index in [2.05, 4.69) is 5.32 Å². The first kappa shape index (κ1) is 9.48. The van der Waals surface area contributed by atoms with Gasteiger partial charge in [-0.15, -0.1) is 0 Å². The van der Waals surface area contributed by atoms with Crippen LogP contribution in [0.3, 0.4) is 0 Å². The Morgan fingerprint density at radius 3 is 2.92 bits per heavy atom. The van der Waals surface area contributed by atoms with Gasteiger partial charge in [0.1, 0.15) is 0 Å². The highest BCUT2D eigenvalue weighted by Gasteiger charge is 2.17. The van der Waals surface area contributed by atoms with Crippen molar-refractivity contribution in [3.05, 3.63) is 0 Å². The lowest BCUT2D eigenvalue weighted by atomic mass is 10.3. The van der Waals surface area contributed by atoms with Crippen LogP contribution in [-0.2, 0) is 4.79 Å². The third kappa shape index (κ3) is 2.46. The number of hydrogen-bond acceptors (Lipinski definition) is 3. The molecule has 1 rings (SSSR count). The summed E-state index contributed by atoms with van der Waals surface area (Å²) in [5.74, 6) is 0.0682. The van der Waals surface area contributed by atoms with Crippen LogP contribution in [0.2, 0.25) is 0 Å². The average Bonchev–Trinajstić information content (AvgIpc) is 2.30. The van der Waals surface area contributed by atoms with Crippen LogP contribution in [0.1, 0.15) is 13.3 Å². The summed E-state index contributed by atoms with van der Waals surface area (Å²) in [4.78, 5) is 13.3. The Labute approximate surface area is 73.1 Å². The van der Waals surface area contributed by atoms with Gasteiger partial charge < -0.3 is 16.0 Å². The highest BCUT2D eigenvalue weighted by atomic mass is 16.2. The second-order valence-corrected chi connectivity index (χ2v) is 3.22. The fourth-order valence-electron chi connectivity index (χ4n) is 1.35. The molecule has 1 atom stereocenters. The topological polar surface area (TPSA) is 58.4 Å². The Hall–Kier alpha value is -0.610. The first-order valence-corrected chi connectivity index (χ1v) is 4.47. The minimum atomic E-state index is -0.358. The zero-order valence-corrected chi connectivity index (χ0v) is 7.55. The molecule has 1 aliphatic rings. The lowest BCUT2D eigenvalue weighted by Crippen LogP contribution is -2.43. The van der Waals surface area contributed by atoms with Crippen molar-refractivity contribution < 1.29 is 4.79 Å². The number of carbonyl (C=O) groups is 1. The van der Waals surface area contributed by atoms with Crippen molar-refractivity contribution in [1.82, 2.24) is 10.2 Å². The van der Waals surface area contributed by atoms with Crippen LogP contribution in [0, 0.1) is 0 Å². The summed E-state index contributed by atoms with van der Waals surface area (Å²) in [5, 5.41) is 3.24. The predicted molar refractivity (Wildman–Crippen MR) is 47.7 cm³/mol. The van der Waals surface area contributed by atoms with Gasteiger partial charge in [0.05, 0.1) is 6.04 Å². The third-order valence-electron chi connectivity index (χ3n) is 2.04. The van der Waals surface area contributed by atoms with Gasteiger partial charge in [0.15, 0.2) is 0 Å². The van der Waals surface area contributed by atoms with E-state index in [0.29, 0.717) is 0 Å². The van der Waals surface area contributed by atoms with Crippen LogP contribution in [0.15, 0.2) is 0 Å². The van der Waals surface area contributed by atoms with Crippen molar-refractivity contribution in [2.24, 2.45) is 5.73 Å². The maximum atomic E-state index is 11.4. The minimum Gasteiger partial charge on any atom is -0.340 e. The molecule has 0 aromatic heterocycles. The van der Waals surface area contributed by atoms with E-state index in [1.807, 2.05) is 4.90 Å². The molecule has 12 heavy (non-hydrogen) atoms. The quantitative estimate of drug-likeness (QED) is 0.540. The second-order valence-electron chi connectivity index (χ2n) is 3.22. The lowest BCUT2D eigenvalue weighted by molar-refractivity contribution is -0.131. The summed E-state index contributed by atoms with van der Waals surface area (Å²) >= 11 is 0. The van der Waals surface area contributed by atoms with Crippen molar-refractivity contribution in [2.75, 3.05) is 26.2 Å². The fraction of sp³-hybridized carbons (Fsp3) is 0.875. The Kier molecular flexibility index (Phi) is 3.49. The number of rotatable bonds is 1. The van der Waals surface area contributed by atoms with Gasteiger partial charge in [-0.2, -0.15) is 0 Å². The first-order valence-electron chi connectivity index (χ1n) is 4.47. The van der Waals surface area contributed by atoms with Crippen molar-refractivity contribution in [3.8, 4) is 0 Å². The summed E-state index contributed by atoms with van der Waals surface area (Å²) in [6.45, 7) is 5.26. The van der Waals surface area contributed by atoms with E-state index in [1.165, 1.54) is 0 Å². The molecule has 0 aromatic carbocycles. The Balaban J connectivity index is 2.43. The van der Waals surface area contributed by atoms with Crippen LogP contribution in [0.4, 0.5) is 0 Å². The largest absolute Gasteiger partial charge is 0.340 e. The smallest absolute Gasteiger partial charge is 0.239 e. The van der Waals surface area contributed by atoms with Gasteiger partial charge in [-0.25, -0.2) is 0 Å². The maximum absolute atomic E-state index is 11.4. The molecule has 1 unspecified atom stereocenters. The van der Waals surface area contributed by atoms with Crippen LogP contribution in [-0.4, -0.2) is 43.0 Å². The molecule has 0 saturated carbocycles. The third-order valence-corrected chi connectivity index (χ3v) is 2.04. The molecular weight excluding hydrogens is 154 g/mol. The average molecular weight is 171 g/mol. The van der Waals surface area contributed by atoms with Crippen LogP contribution < -0.4 is 11.1 Å². The van der Waals surface area contributed by atoms with Gasteiger partial charge in [-0.3, -0.25) is 4.79 Å². The summed E-state index contributed by atoms with van der Waals surface area (Å²) in [5.41, 5.74) is 5.51. The highest BCUT2D eigenvalue weighted by molar-refractivity contribution is 5.81. The van der Waals surface area contributed by atoms with E-state index in [-0.39, 0.29) is 11.9 Å². The summed E-state index contributed by atoms with van der Waals surface area (Å²) in [7, 11) is 0. The fourth-order valence-corrected chi connectivity index (χ4v) is 1.35.